The van der Waals surface area contributed by atoms with Crippen molar-refractivity contribution in [3.63, 3.8) is 0 Å². The van der Waals surface area contributed by atoms with Crippen LogP contribution in [0.25, 0.3) is 0 Å². The van der Waals surface area contributed by atoms with E-state index < -0.39 is 34.7 Å². The Hall–Kier alpha value is -2.37. The summed E-state index contributed by atoms with van der Waals surface area (Å²) in [5.74, 6) is -4.99. The average molecular weight is 297 g/mol. The molecule has 2 aromatic carbocycles. The molecule has 0 aromatic heterocycles. The van der Waals surface area contributed by atoms with Crippen LogP contribution in [-0.2, 0) is 0 Å². The van der Waals surface area contributed by atoms with Gasteiger partial charge in [-0.05, 0) is 37.6 Å². The lowest BCUT2D eigenvalue weighted by Crippen LogP contribution is -2.17. The first-order valence-corrected chi connectivity index (χ1v) is 6.03. The molecule has 0 bridgehead atoms. The lowest BCUT2D eigenvalue weighted by atomic mass is 10.1. The second-order valence-electron chi connectivity index (χ2n) is 4.54. The summed E-state index contributed by atoms with van der Waals surface area (Å²) in [6.07, 6.45) is 0. The molecule has 0 aliphatic rings. The zero-order chi connectivity index (χ0) is 15.7. The number of anilines is 1. The normalized spacial score (nSPS) is 10.6. The van der Waals surface area contributed by atoms with Gasteiger partial charge in [-0.1, -0.05) is 6.07 Å². The molecule has 21 heavy (non-hydrogen) atoms. The quantitative estimate of drug-likeness (QED) is 0.830. The molecule has 0 saturated carbocycles. The molecule has 0 radical (unpaired) electrons. The topological polar surface area (TPSA) is 29.1 Å². The van der Waals surface area contributed by atoms with Gasteiger partial charge < -0.3 is 5.32 Å². The smallest absolute Gasteiger partial charge is 0.261 e. The summed E-state index contributed by atoms with van der Waals surface area (Å²) in [6.45, 7) is 2.56. The van der Waals surface area contributed by atoms with Crippen molar-refractivity contribution >= 4 is 11.6 Å². The first-order chi connectivity index (χ1) is 9.82. The summed E-state index contributed by atoms with van der Waals surface area (Å²) in [7, 11) is 0. The van der Waals surface area contributed by atoms with Gasteiger partial charge in [0.15, 0.2) is 5.82 Å². The van der Waals surface area contributed by atoms with E-state index in [4.69, 9.17) is 0 Å². The van der Waals surface area contributed by atoms with Crippen molar-refractivity contribution in [3.05, 3.63) is 64.2 Å². The maximum absolute atomic E-state index is 13.8. The molecule has 1 N–H and O–H groups in total. The summed E-state index contributed by atoms with van der Waals surface area (Å²) < 4.78 is 54.3. The zero-order valence-corrected chi connectivity index (χ0v) is 11.2. The summed E-state index contributed by atoms with van der Waals surface area (Å²) in [5.41, 5.74) is -1.37. The molecule has 0 spiro atoms. The molecule has 0 aliphatic carbocycles. The third-order valence-corrected chi connectivity index (χ3v) is 3.08. The Kier molecular flexibility index (Phi) is 3.97. The Balaban J connectivity index is 2.40. The molecular weight excluding hydrogens is 286 g/mol. The minimum atomic E-state index is -1.14. The number of halogens is 4. The van der Waals surface area contributed by atoms with Gasteiger partial charge in [-0.2, -0.15) is 0 Å². The van der Waals surface area contributed by atoms with Crippen LogP contribution in [0, 0.1) is 37.1 Å². The fourth-order valence-corrected chi connectivity index (χ4v) is 1.81. The van der Waals surface area contributed by atoms with Gasteiger partial charge >= 0.3 is 0 Å². The molecule has 0 aliphatic heterocycles. The van der Waals surface area contributed by atoms with Crippen molar-refractivity contribution in [3.8, 4) is 0 Å². The maximum atomic E-state index is 13.8. The number of amides is 1. The van der Waals surface area contributed by atoms with E-state index in [-0.39, 0.29) is 16.8 Å². The van der Waals surface area contributed by atoms with Crippen LogP contribution in [-0.4, -0.2) is 5.91 Å². The summed E-state index contributed by atoms with van der Waals surface area (Å²) in [4.78, 5) is 11.9. The second kappa shape index (κ2) is 5.55. The zero-order valence-electron chi connectivity index (χ0n) is 11.2. The molecule has 2 nitrogen and oxygen atoms in total. The van der Waals surface area contributed by atoms with Crippen LogP contribution in [0.3, 0.4) is 0 Å². The van der Waals surface area contributed by atoms with E-state index in [1.807, 2.05) is 5.32 Å². The van der Waals surface area contributed by atoms with Crippen LogP contribution in [0.1, 0.15) is 21.5 Å². The van der Waals surface area contributed by atoms with Crippen LogP contribution in [0.15, 0.2) is 24.3 Å². The SMILES string of the molecule is Cc1ccc(F)c(C(=O)Nc2ccc(F)c(C)c2F)c1F. The first kappa shape index (κ1) is 15.0. The van der Waals surface area contributed by atoms with Crippen LogP contribution >= 0.6 is 0 Å². The molecule has 0 unspecified atom stereocenters. The highest BCUT2D eigenvalue weighted by Crippen LogP contribution is 2.22. The molecular formula is C15H11F4NO. The number of carbonyl (C=O) groups excluding carboxylic acids is 1. The monoisotopic (exact) mass is 297 g/mol. The van der Waals surface area contributed by atoms with Crippen molar-refractivity contribution in [2.45, 2.75) is 13.8 Å². The van der Waals surface area contributed by atoms with E-state index in [0.717, 1.165) is 18.2 Å². The fourth-order valence-electron chi connectivity index (χ4n) is 1.81. The highest BCUT2D eigenvalue weighted by Gasteiger charge is 2.21. The van der Waals surface area contributed by atoms with Crippen molar-refractivity contribution < 1.29 is 22.4 Å². The van der Waals surface area contributed by atoms with Crippen molar-refractivity contribution in [1.82, 2.24) is 0 Å². The third kappa shape index (κ3) is 2.74. The first-order valence-electron chi connectivity index (χ1n) is 6.03. The van der Waals surface area contributed by atoms with Crippen LogP contribution in [0.4, 0.5) is 23.2 Å². The van der Waals surface area contributed by atoms with Crippen molar-refractivity contribution in [2.24, 2.45) is 0 Å². The van der Waals surface area contributed by atoms with Gasteiger partial charge in [0.1, 0.15) is 23.0 Å². The van der Waals surface area contributed by atoms with Gasteiger partial charge in [-0.3, -0.25) is 4.79 Å². The number of rotatable bonds is 2. The predicted octanol–water partition coefficient (Wildman–Crippen LogP) is 4.11. The van der Waals surface area contributed by atoms with E-state index in [1.165, 1.54) is 19.9 Å². The fraction of sp³-hybridized carbons (Fsp3) is 0.133. The molecule has 2 aromatic rings. The lowest BCUT2D eigenvalue weighted by Gasteiger charge is -2.10. The summed E-state index contributed by atoms with van der Waals surface area (Å²) in [6, 6.07) is 4.07. The average Bonchev–Trinajstić information content (AvgIpc) is 2.44. The van der Waals surface area contributed by atoms with Crippen molar-refractivity contribution in [1.29, 1.82) is 0 Å². The highest BCUT2D eigenvalue weighted by atomic mass is 19.1. The standard InChI is InChI=1S/C15H11F4NO/c1-7-3-4-10(17)12(13(7)18)15(21)20-11-6-5-9(16)8(2)14(11)19/h3-6H,1-2H3,(H,20,21). The predicted molar refractivity (Wildman–Crippen MR) is 70.1 cm³/mol. The van der Waals surface area contributed by atoms with Gasteiger partial charge in [-0.25, -0.2) is 17.6 Å². The largest absolute Gasteiger partial charge is 0.319 e. The van der Waals surface area contributed by atoms with Crippen LogP contribution < -0.4 is 5.32 Å². The number of hydrogen-bond donors (Lipinski definition) is 1. The van der Waals surface area contributed by atoms with E-state index in [2.05, 4.69) is 0 Å². The van der Waals surface area contributed by atoms with Crippen LogP contribution in [0.2, 0.25) is 0 Å². The number of carbonyl (C=O) groups is 1. The summed E-state index contributed by atoms with van der Waals surface area (Å²) in [5, 5.41) is 2.04. The Bertz CT molecular complexity index is 728. The lowest BCUT2D eigenvalue weighted by molar-refractivity contribution is 0.101. The minimum Gasteiger partial charge on any atom is -0.319 e. The second-order valence-corrected chi connectivity index (χ2v) is 4.54. The van der Waals surface area contributed by atoms with E-state index in [9.17, 15) is 22.4 Å². The van der Waals surface area contributed by atoms with Crippen LogP contribution in [0.5, 0.6) is 0 Å². The number of hydrogen-bond acceptors (Lipinski definition) is 1. The van der Waals surface area contributed by atoms with Crippen molar-refractivity contribution in [2.75, 3.05) is 5.32 Å². The molecule has 0 atom stereocenters. The van der Waals surface area contributed by atoms with Gasteiger partial charge in [-0.15, -0.1) is 0 Å². The van der Waals surface area contributed by atoms with Gasteiger partial charge in [0.05, 0.1) is 5.69 Å². The Morgan fingerprint density at radius 2 is 1.52 bits per heavy atom. The highest BCUT2D eigenvalue weighted by molar-refractivity contribution is 6.04. The minimum absolute atomic E-state index is 0.0808. The molecule has 0 heterocycles. The van der Waals surface area contributed by atoms with Gasteiger partial charge in [0.2, 0.25) is 0 Å². The summed E-state index contributed by atoms with van der Waals surface area (Å²) >= 11 is 0. The Labute approximate surface area is 118 Å². The number of nitrogens with one attached hydrogen (secondary N) is 1. The molecule has 6 heteroatoms. The number of benzene rings is 2. The molecule has 1 amide bonds. The van der Waals surface area contributed by atoms with E-state index in [1.54, 1.807) is 0 Å². The third-order valence-electron chi connectivity index (χ3n) is 3.08. The van der Waals surface area contributed by atoms with Gasteiger partial charge in [0.25, 0.3) is 5.91 Å². The molecule has 0 fully saturated rings. The Morgan fingerprint density at radius 1 is 0.905 bits per heavy atom. The van der Waals surface area contributed by atoms with Gasteiger partial charge in [0, 0.05) is 5.56 Å². The Morgan fingerprint density at radius 3 is 2.19 bits per heavy atom. The maximum Gasteiger partial charge on any atom is 0.261 e. The number of aryl methyl sites for hydroxylation is 1. The molecule has 110 valence electrons. The van der Waals surface area contributed by atoms with E-state index in [0.29, 0.717) is 0 Å². The molecule has 0 saturated heterocycles. The molecule has 2 rings (SSSR count). The van der Waals surface area contributed by atoms with E-state index >= 15 is 0 Å².